The minimum absolute atomic E-state index is 0.0865. The van der Waals surface area contributed by atoms with Gasteiger partial charge in [-0.1, -0.05) is 35.9 Å². The maximum atomic E-state index is 13.6. The fraction of sp³-hybridized carbons (Fsp3) is 0.147. The van der Waals surface area contributed by atoms with E-state index in [-0.39, 0.29) is 10.7 Å². The van der Waals surface area contributed by atoms with E-state index in [2.05, 4.69) is 16.0 Å². The highest BCUT2D eigenvalue weighted by molar-refractivity contribution is 8.00. The van der Waals surface area contributed by atoms with E-state index in [1.165, 1.54) is 33.3 Å². The highest BCUT2D eigenvalue weighted by Gasteiger charge is 2.34. The topological polar surface area (TPSA) is 106 Å². The Balaban J connectivity index is 1.53. The van der Waals surface area contributed by atoms with Gasteiger partial charge in [-0.2, -0.15) is 13.2 Å². The summed E-state index contributed by atoms with van der Waals surface area (Å²) in [4.78, 5) is 40.0. The number of alkyl halides is 3. The molecule has 0 saturated heterocycles. The number of hydrogen-bond acceptors (Lipinski definition) is 6. The Morgan fingerprint density at radius 2 is 1.62 bits per heavy atom. The number of amides is 3. The van der Waals surface area contributed by atoms with Crippen LogP contribution in [0.4, 0.5) is 24.5 Å². The van der Waals surface area contributed by atoms with Gasteiger partial charge in [0.05, 0.1) is 30.7 Å². The van der Waals surface area contributed by atoms with Gasteiger partial charge in [-0.3, -0.25) is 14.4 Å². The lowest BCUT2D eigenvalue weighted by Crippen LogP contribution is -2.30. The van der Waals surface area contributed by atoms with Gasteiger partial charge in [0, 0.05) is 32.8 Å². The lowest BCUT2D eigenvalue weighted by Gasteiger charge is -2.17. The molecule has 3 N–H and O–H groups in total. The van der Waals surface area contributed by atoms with Crippen molar-refractivity contribution >= 4 is 58.5 Å². The van der Waals surface area contributed by atoms with Crippen molar-refractivity contribution in [2.24, 2.45) is 0 Å². The fourth-order valence-corrected chi connectivity index (χ4v) is 5.33. The van der Waals surface area contributed by atoms with Gasteiger partial charge in [0.2, 0.25) is 5.91 Å². The van der Waals surface area contributed by atoms with Crippen LogP contribution in [0.2, 0.25) is 5.02 Å². The van der Waals surface area contributed by atoms with Crippen LogP contribution in [0.25, 0.3) is 6.08 Å². The minimum Gasteiger partial charge on any atom is -0.497 e. The van der Waals surface area contributed by atoms with E-state index >= 15 is 0 Å². The third kappa shape index (κ3) is 9.53. The molecular weight excluding hydrogens is 655 g/mol. The van der Waals surface area contributed by atoms with Crippen LogP contribution in [0, 0.1) is 0 Å². The van der Waals surface area contributed by atoms with Crippen molar-refractivity contribution in [1.82, 2.24) is 5.32 Å². The Labute approximate surface area is 278 Å². The van der Waals surface area contributed by atoms with E-state index in [0.717, 1.165) is 23.9 Å². The average molecular weight is 684 g/mol. The minimum atomic E-state index is -4.72. The molecule has 1 unspecified atom stereocenters. The molecule has 47 heavy (non-hydrogen) atoms. The van der Waals surface area contributed by atoms with Gasteiger partial charge in [0.25, 0.3) is 11.8 Å². The molecule has 8 nitrogen and oxygen atoms in total. The number of thioether (sulfide) groups is 1. The van der Waals surface area contributed by atoms with Crippen LogP contribution in [0.1, 0.15) is 28.4 Å². The molecule has 0 aliphatic heterocycles. The first-order valence-corrected chi connectivity index (χ1v) is 15.2. The number of methoxy groups -OCH3 is 2. The van der Waals surface area contributed by atoms with Crippen LogP contribution in [0.5, 0.6) is 11.5 Å². The summed E-state index contributed by atoms with van der Waals surface area (Å²) in [6.45, 7) is 1.54. The van der Waals surface area contributed by atoms with E-state index < -0.39 is 40.4 Å². The van der Waals surface area contributed by atoms with Gasteiger partial charge in [-0.05, 0) is 73.7 Å². The standard InChI is InChI=1S/C34H29ClF3N3O5S/c1-20(31(42)40-28-15-13-23(35)17-27(28)34(36,37)38)47-26-11-7-10-24(18-26)39-33(44)29(41-32(43)21-8-5-4-6-9-21)16-22-12-14-25(45-2)19-30(22)46-3/h4-20H,1-3H3,(H,39,44)(H,40,42)(H,41,43)/b29-16+. The number of halogens is 4. The molecule has 0 aliphatic carbocycles. The Morgan fingerprint density at radius 3 is 2.30 bits per heavy atom. The zero-order chi connectivity index (χ0) is 34.1. The average Bonchev–Trinajstić information content (AvgIpc) is 3.05. The summed E-state index contributed by atoms with van der Waals surface area (Å²) in [6.07, 6.45) is -3.26. The van der Waals surface area contributed by atoms with Crippen molar-refractivity contribution in [3.63, 3.8) is 0 Å². The summed E-state index contributed by atoms with van der Waals surface area (Å²) in [7, 11) is 2.97. The van der Waals surface area contributed by atoms with Crippen molar-refractivity contribution in [1.29, 1.82) is 0 Å². The van der Waals surface area contributed by atoms with Crippen LogP contribution < -0.4 is 25.4 Å². The summed E-state index contributed by atoms with van der Waals surface area (Å²) in [6, 6.07) is 23.0. The molecule has 0 fully saturated rings. The highest BCUT2D eigenvalue weighted by Crippen LogP contribution is 2.37. The maximum absolute atomic E-state index is 13.6. The van der Waals surface area contributed by atoms with Crippen LogP contribution >= 0.6 is 23.4 Å². The van der Waals surface area contributed by atoms with Gasteiger partial charge in [-0.15, -0.1) is 11.8 Å². The van der Waals surface area contributed by atoms with Crippen LogP contribution in [-0.2, 0) is 15.8 Å². The van der Waals surface area contributed by atoms with E-state index in [0.29, 0.717) is 33.2 Å². The van der Waals surface area contributed by atoms with Crippen LogP contribution in [0.15, 0.2) is 102 Å². The molecule has 0 spiro atoms. The second kappa shape index (κ2) is 15.6. The van der Waals surface area contributed by atoms with Crippen molar-refractivity contribution in [2.45, 2.75) is 23.2 Å². The first kappa shape index (κ1) is 34.9. The number of hydrogen-bond donors (Lipinski definition) is 3. The molecule has 0 bridgehead atoms. The molecule has 0 radical (unpaired) electrons. The summed E-state index contributed by atoms with van der Waals surface area (Å²) < 4.78 is 51.2. The SMILES string of the molecule is COc1ccc(/C=C(/NC(=O)c2ccccc2)C(=O)Nc2cccc(SC(C)C(=O)Nc3ccc(Cl)cc3C(F)(F)F)c2)c(OC)c1. The van der Waals surface area contributed by atoms with Gasteiger partial charge in [-0.25, -0.2) is 0 Å². The lowest BCUT2D eigenvalue weighted by atomic mass is 10.1. The Morgan fingerprint density at radius 1 is 0.872 bits per heavy atom. The summed E-state index contributed by atoms with van der Waals surface area (Å²) in [5.74, 6) is -0.903. The predicted molar refractivity (Wildman–Crippen MR) is 177 cm³/mol. The molecule has 3 amide bonds. The normalized spacial score (nSPS) is 12.1. The number of carbonyl (C=O) groups is 3. The number of anilines is 2. The molecule has 4 rings (SSSR count). The number of benzene rings is 4. The summed E-state index contributed by atoms with van der Waals surface area (Å²) >= 11 is 6.81. The number of ether oxygens (including phenoxy) is 2. The first-order chi connectivity index (χ1) is 22.4. The molecule has 13 heteroatoms. The Kier molecular flexibility index (Phi) is 11.6. The Bertz CT molecular complexity index is 1800. The van der Waals surface area contributed by atoms with E-state index in [1.54, 1.807) is 72.8 Å². The van der Waals surface area contributed by atoms with Gasteiger partial charge >= 0.3 is 6.18 Å². The molecule has 244 valence electrons. The molecular formula is C34H29ClF3N3O5S. The second-order valence-corrected chi connectivity index (χ2v) is 11.8. The number of rotatable bonds is 11. The third-order valence-corrected chi connectivity index (χ3v) is 7.92. The molecule has 0 heterocycles. The van der Waals surface area contributed by atoms with Crippen molar-refractivity contribution in [3.05, 3.63) is 118 Å². The molecule has 0 saturated carbocycles. The first-order valence-electron chi connectivity index (χ1n) is 13.9. The van der Waals surface area contributed by atoms with Gasteiger partial charge in [0.1, 0.15) is 17.2 Å². The predicted octanol–water partition coefficient (Wildman–Crippen LogP) is 7.90. The molecule has 4 aromatic carbocycles. The van der Waals surface area contributed by atoms with E-state index in [1.807, 2.05) is 0 Å². The monoisotopic (exact) mass is 683 g/mol. The Hall–Kier alpha value is -4.94. The summed E-state index contributed by atoms with van der Waals surface area (Å²) in [5, 5.41) is 6.81. The zero-order valence-corrected chi connectivity index (χ0v) is 26.8. The van der Waals surface area contributed by atoms with Crippen LogP contribution in [-0.4, -0.2) is 37.2 Å². The lowest BCUT2D eigenvalue weighted by molar-refractivity contribution is -0.137. The fourth-order valence-electron chi connectivity index (χ4n) is 4.23. The van der Waals surface area contributed by atoms with Crippen molar-refractivity contribution in [3.8, 4) is 11.5 Å². The quantitative estimate of drug-likeness (QED) is 0.110. The maximum Gasteiger partial charge on any atom is 0.418 e. The van der Waals surface area contributed by atoms with Crippen molar-refractivity contribution in [2.75, 3.05) is 24.9 Å². The van der Waals surface area contributed by atoms with Gasteiger partial charge in [0.15, 0.2) is 0 Å². The van der Waals surface area contributed by atoms with Gasteiger partial charge < -0.3 is 25.4 Å². The summed E-state index contributed by atoms with van der Waals surface area (Å²) in [5.41, 5.74) is -0.394. The van der Waals surface area contributed by atoms with Crippen molar-refractivity contribution < 1.29 is 37.0 Å². The second-order valence-electron chi connectivity index (χ2n) is 9.90. The van der Waals surface area contributed by atoms with Crippen LogP contribution in [0.3, 0.4) is 0 Å². The number of carbonyl (C=O) groups excluding carboxylic acids is 3. The smallest absolute Gasteiger partial charge is 0.418 e. The molecule has 0 aliphatic rings. The third-order valence-electron chi connectivity index (χ3n) is 6.59. The highest BCUT2D eigenvalue weighted by atomic mass is 35.5. The molecule has 0 aromatic heterocycles. The van der Waals surface area contributed by atoms with E-state index in [4.69, 9.17) is 21.1 Å². The zero-order valence-electron chi connectivity index (χ0n) is 25.3. The number of nitrogens with one attached hydrogen (secondary N) is 3. The van der Waals surface area contributed by atoms with E-state index in [9.17, 15) is 27.6 Å². The molecule has 4 aromatic rings. The molecule has 1 atom stereocenters. The largest absolute Gasteiger partial charge is 0.497 e.